The van der Waals surface area contributed by atoms with Gasteiger partial charge < -0.3 is 5.32 Å². The Morgan fingerprint density at radius 2 is 1.85 bits per heavy atom. The van der Waals surface area contributed by atoms with Crippen molar-refractivity contribution in [1.82, 2.24) is 0 Å². The molecule has 0 fully saturated rings. The van der Waals surface area contributed by atoms with Gasteiger partial charge in [0.15, 0.2) is 0 Å². The summed E-state index contributed by atoms with van der Waals surface area (Å²) < 4.78 is 13.9. The maximum atomic E-state index is 13.4. The van der Waals surface area contributed by atoms with Crippen LogP contribution in [0.15, 0.2) is 46.9 Å². The van der Waals surface area contributed by atoms with E-state index in [1.165, 1.54) is 24.5 Å². The first-order valence-corrected chi connectivity index (χ1v) is 7.75. The summed E-state index contributed by atoms with van der Waals surface area (Å²) in [6.45, 7) is 2.80. The van der Waals surface area contributed by atoms with Crippen molar-refractivity contribution in [1.29, 1.82) is 0 Å². The zero-order chi connectivity index (χ0) is 14.4. The molecule has 0 aliphatic heterocycles. The molecular weight excluding hydrogens is 317 g/mol. The van der Waals surface area contributed by atoms with Crippen LogP contribution in [0.5, 0.6) is 0 Å². The molecule has 2 aromatic rings. The van der Waals surface area contributed by atoms with Gasteiger partial charge >= 0.3 is 0 Å². The molecule has 0 bridgehead atoms. The van der Waals surface area contributed by atoms with Gasteiger partial charge in [0, 0.05) is 12.2 Å². The van der Waals surface area contributed by atoms with Crippen LogP contribution in [0.25, 0.3) is 0 Å². The first-order chi connectivity index (χ1) is 9.70. The minimum atomic E-state index is -0.223. The summed E-state index contributed by atoms with van der Waals surface area (Å²) in [6, 6.07) is 13.6. The van der Waals surface area contributed by atoms with Crippen LogP contribution >= 0.6 is 15.9 Å². The van der Waals surface area contributed by atoms with Gasteiger partial charge in [-0.2, -0.15) is 0 Å². The van der Waals surface area contributed by atoms with E-state index in [0.717, 1.165) is 17.7 Å². The van der Waals surface area contributed by atoms with Crippen molar-refractivity contribution in [3.05, 3.63) is 63.9 Å². The molecule has 0 heterocycles. The van der Waals surface area contributed by atoms with Crippen LogP contribution < -0.4 is 5.32 Å². The second-order valence-corrected chi connectivity index (χ2v) is 5.66. The van der Waals surface area contributed by atoms with Crippen molar-refractivity contribution in [2.24, 2.45) is 0 Å². The molecule has 0 atom stereocenters. The van der Waals surface area contributed by atoms with E-state index < -0.39 is 0 Å². The van der Waals surface area contributed by atoms with Crippen molar-refractivity contribution in [2.45, 2.75) is 32.7 Å². The molecule has 0 aliphatic carbocycles. The van der Waals surface area contributed by atoms with Crippen LogP contribution in [0, 0.1) is 5.82 Å². The fraction of sp³-hybridized carbons (Fsp3) is 0.294. The molecule has 106 valence electrons. The molecule has 1 nitrogen and oxygen atoms in total. The standard InChI is InChI=1S/C17H19BrFN/c1-2-3-5-13-8-10-15(11-9-13)20-12-14-6-4-7-16(19)17(14)18/h4,6-11,20H,2-3,5,12H2,1H3. The zero-order valence-corrected chi connectivity index (χ0v) is 13.2. The maximum Gasteiger partial charge on any atom is 0.137 e. The molecular formula is C17H19BrFN. The Morgan fingerprint density at radius 1 is 1.10 bits per heavy atom. The molecule has 1 N–H and O–H groups in total. The van der Waals surface area contributed by atoms with E-state index in [0.29, 0.717) is 11.0 Å². The summed E-state index contributed by atoms with van der Waals surface area (Å²) in [4.78, 5) is 0. The van der Waals surface area contributed by atoms with E-state index >= 15 is 0 Å². The Balaban J connectivity index is 1.95. The van der Waals surface area contributed by atoms with Crippen LogP contribution in [-0.2, 0) is 13.0 Å². The molecule has 0 saturated carbocycles. The molecule has 3 heteroatoms. The van der Waals surface area contributed by atoms with E-state index in [-0.39, 0.29) is 5.82 Å². The Labute approximate surface area is 128 Å². The summed E-state index contributed by atoms with van der Waals surface area (Å²) in [7, 11) is 0. The van der Waals surface area contributed by atoms with Crippen molar-refractivity contribution < 1.29 is 4.39 Å². The monoisotopic (exact) mass is 335 g/mol. The van der Waals surface area contributed by atoms with E-state index in [1.807, 2.05) is 6.07 Å². The molecule has 0 unspecified atom stereocenters. The van der Waals surface area contributed by atoms with Crippen molar-refractivity contribution in [3.8, 4) is 0 Å². The number of benzene rings is 2. The summed E-state index contributed by atoms with van der Waals surface area (Å²) in [5.41, 5.74) is 3.34. The number of hydrogen-bond donors (Lipinski definition) is 1. The normalized spacial score (nSPS) is 10.6. The Bertz CT molecular complexity index is 551. The first kappa shape index (κ1) is 15.0. The second-order valence-electron chi connectivity index (χ2n) is 4.87. The van der Waals surface area contributed by atoms with Crippen LogP contribution in [0.3, 0.4) is 0 Å². The Hall–Kier alpha value is -1.35. The molecule has 0 spiro atoms. The predicted octanol–water partition coefficient (Wildman–Crippen LogP) is 5.54. The van der Waals surface area contributed by atoms with Gasteiger partial charge in [0.05, 0.1) is 4.47 Å². The predicted molar refractivity (Wildman–Crippen MR) is 86.5 cm³/mol. The van der Waals surface area contributed by atoms with Gasteiger partial charge in [-0.05, 0) is 58.1 Å². The third-order valence-electron chi connectivity index (χ3n) is 3.29. The second kappa shape index (κ2) is 7.44. The highest BCUT2D eigenvalue weighted by Gasteiger charge is 2.04. The third kappa shape index (κ3) is 4.07. The van der Waals surface area contributed by atoms with Crippen LogP contribution in [-0.4, -0.2) is 0 Å². The Kier molecular flexibility index (Phi) is 5.60. The summed E-state index contributed by atoms with van der Waals surface area (Å²) in [6.07, 6.45) is 3.57. The molecule has 0 aliphatic rings. The molecule has 0 aromatic heterocycles. The van der Waals surface area contributed by atoms with Crippen molar-refractivity contribution >= 4 is 21.6 Å². The quantitative estimate of drug-likeness (QED) is 0.730. The smallest absolute Gasteiger partial charge is 0.137 e. The van der Waals surface area contributed by atoms with E-state index in [2.05, 4.69) is 52.4 Å². The van der Waals surface area contributed by atoms with Crippen molar-refractivity contribution in [3.63, 3.8) is 0 Å². The van der Waals surface area contributed by atoms with Gasteiger partial charge in [0.2, 0.25) is 0 Å². The highest BCUT2D eigenvalue weighted by Crippen LogP contribution is 2.21. The number of rotatable bonds is 6. The van der Waals surface area contributed by atoms with E-state index in [9.17, 15) is 4.39 Å². The molecule has 0 saturated heterocycles. The fourth-order valence-electron chi connectivity index (χ4n) is 2.05. The lowest BCUT2D eigenvalue weighted by Gasteiger charge is -2.09. The average Bonchev–Trinajstić information content (AvgIpc) is 2.48. The van der Waals surface area contributed by atoms with Crippen molar-refractivity contribution in [2.75, 3.05) is 5.32 Å². The van der Waals surface area contributed by atoms with Gasteiger partial charge in [0.1, 0.15) is 5.82 Å². The van der Waals surface area contributed by atoms with Gasteiger partial charge in [-0.25, -0.2) is 4.39 Å². The van der Waals surface area contributed by atoms with Gasteiger partial charge in [-0.3, -0.25) is 0 Å². The fourth-order valence-corrected chi connectivity index (χ4v) is 2.46. The maximum absolute atomic E-state index is 13.4. The van der Waals surface area contributed by atoms with Gasteiger partial charge in [0.25, 0.3) is 0 Å². The number of nitrogens with one attached hydrogen (secondary N) is 1. The van der Waals surface area contributed by atoms with E-state index in [4.69, 9.17) is 0 Å². The summed E-state index contributed by atoms with van der Waals surface area (Å²) in [5, 5.41) is 3.32. The molecule has 0 amide bonds. The topological polar surface area (TPSA) is 12.0 Å². The molecule has 0 radical (unpaired) electrons. The number of aryl methyl sites for hydroxylation is 1. The lowest BCUT2D eigenvalue weighted by Crippen LogP contribution is -2.01. The lowest BCUT2D eigenvalue weighted by atomic mass is 10.1. The minimum Gasteiger partial charge on any atom is -0.381 e. The number of anilines is 1. The number of unbranched alkanes of at least 4 members (excludes halogenated alkanes) is 1. The van der Waals surface area contributed by atoms with Gasteiger partial charge in [-0.1, -0.05) is 37.6 Å². The largest absolute Gasteiger partial charge is 0.381 e. The molecule has 20 heavy (non-hydrogen) atoms. The SMILES string of the molecule is CCCCc1ccc(NCc2cccc(F)c2Br)cc1. The van der Waals surface area contributed by atoms with E-state index in [1.54, 1.807) is 6.07 Å². The summed E-state index contributed by atoms with van der Waals surface area (Å²) >= 11 is 3.28. The number of hydrogen-bond acceptors (Lipinski definition) is 1. The first-order valence-electron chi connectivity index (χ1n) is 6.96. The van der Waals surface area contributed by atoms with Crippen LogP contribution in [0.2, 0.25) is 0 Å². The number of halogens is 2. The lowest BCUT2D eigenvalue weighted by molar-refractivity contribution is 0.618. The summed E-state index contributed by atoms with van der Waals surface area (Å²) in [5.74, 6) is -0.223. The zero-order valence-electron chi connectivity index (χ0n) is 11.6. The highest BCUT2D eigenvalue weighted by atomic mass is 79.9. The third-order valence-corrected chi connectivity index (χ3v) is 4.18. The molecule has 2 aromatic carbocycles. The Morgan fingerprint density at radius 3 is 2.55 bits per heavy atom. The molecule has 2 rings (SSSR count). The highest BCUT2D eigenvalue weighted by molar-refractivity contribution is 9.10. The van der Waals surface area contributed by atoms with Crippen LogP contribution in [0.1, 0.15) is 30.9 Å². The van der Waals surface area contributed by atoms with Crippen LogP contribution in [0.4, 0.5) is 10.1 Å². The minimum absolute atomic E-state index is 0.223. The van der Waals surface area contributed by atoms with Gasteiger partial charge in [-0.15, -0.1) is 0 Å². The average molecular weight is 336 g/mol.